The summed E-state index contributed by atoms with van der Waals surface area (Å²) in [6.45, 7) is 5.62. The highest BCUT2D eigenvalue weighted by Crippen LogP contribution is 2.26. The fourth-order valence-corrected chi connectivity index (χ4v) is 3.05. The highest BCUT2D eigenvalue weighted by molar-refractivity contribution is 5.90. The number of amides is 2. The van der Waals surface area contributed by atoms with E-state index in [0.717, 1.165) is 0 Å². The van der Waals surface area contributed by atoms with E-state index in [1.807, 2.05) is 0 Å². The van der Waals surface area contributed by atoms with Crippen molar-refractivity contribution in [3.8, 4) is 0 Å². The van der Waals surface area contributed by atoms with Gasteiger partial charge in [0.05, 0.1) is 6.10 Å². The number of carbonyl (C=O) groups excluding carboxylic acids is 2. The average molecular weight is 328 g/mol. The second kappa shape index (κ2) is 6.35. The van der Waals surface area contributed by atoms with Crippen LogP contribution in [0.5, 0.6) is 0 Å². The van der Waals surface area contributed by atoms with E-state index in [1.54, 1.807) is 20.8 Å². The van der Waals surface area contributed by atoms with Gasteiger partial charge in [-0.1, -0.05) is 0 Å². The smallest absolute Gasteiger partial charge is 0.410 e. The molecule has 0 aromatic heterocycles. The molecule has 2 heterocycles. The maximum Gasteiger partial charge on any atom is 0.410 e. The minimum absolute atomic E-state index is 0.0141. The van der Waals surface area contributed by atoms with E-state index in [0.29, 0.717) is 19.4 Å². The van der Waals surface area contributed by atoms with Gasteiger partial charge in [0, 0.05) is 19.5 Å². The third-order valence-corrected chi connectivity index (χ3v) is 4.01. The SMILES string of the molecule is CC(C)(C)OC(=O)N1CCC[C@@H]1C(=O)N1C[C@H](O)C[C@H]1C(=O)O. The molecule has 2 rings (SSSR count). The van der Waals surface area contributed by atoms with Gasteiger partial charge in [-0.2, -0.15) is 0 Å². The van der Waals surface area contributed by atoms with Crippen molar-refractivity contribution in [1.82, 2.24) is 9.80 Å². The van der Waals surface area contributed by atoms with Gasteiger partial charge in [-0.3, -0.25) is 9.69 Å². The van der Waals surface area contributed by atoms with Crippen LogP contribution in [0.4, 0.5) is 4.79 Å². The predicted molar refractivity (Wildman–Crippen MR) is 79.7 cm³/mol. The minimum atomic E-state index is -1.14. The van der Waals surface area contributed by atoms with Crippen LogP contribution in [0.2, 0.25) is 0 Å². The summed E-state index contributed by atoms with van der Waals surface area (Å²) >= 11 is 0. The molecule has 3 atom stereocenters. The molecule has 0 saturated carbocycles. The molecule has 0 aromatic carbocycles. The highest BCUT2D eigenvalue weighted by atomic mass is 16.6. The van der Waals surface area contributed by atoms with Crippen LogP contribution < -0.4 is 0 Å². The Balaban J connectivity index is 2.11. The van der Waals surface area contributed by atoms with E-state index in [-0.39, 0.29) is 13.0 Å². The first-order chi connectivity index (χ1) is 10.6. The molecule has 2 aliphatic heterocycles. The van der Waals surface area contributed by atoms with E-state index in [4.69, 9.17) is 4.74 Å². The first-order valence-electron chi connectivity index (χ1n) is 7.81. The lowest BCUT2D eigenvalue weighted by Crippen LogP contribution is -2.51. The lowest BCUT2D eigenvalue weighted by molar-refractivity contribution is -0.149. The molecular weight excluding hydrogens is 304 g/mol. The van der Waals surface area contributed by atoms with Crippen molar-refractivity contribution in [2.24, 2.45) is 0 Å². The molecule has 130 valence electrons. The maximum atomic E-state index is 12.7. The third-order valence-electron chi connectivity index (χ3n) is 4.01. The molecule has 2 amide bonds. The lowest BCUT2D eigenvalue weighted by Gasteiger charge is -2.31. The van der Waals surface area contributed by atoms with Crippen LogP contribution in [0.1, 0.15) is 40.0 Å². The number of aliphatic hydroxyl groups is 1. The molecule has 8 heteroatoms. The number of rotatable bonds is 2. The number of nitrogens with zero attached hydrogens (tertiary/aromatic N) is 2. The standard InChI is InChI=1S/C15H24N2O6/c1-15(2,3)23-14(22)16-6-4-5-10(16)12(19)17-8-9(18)7-11(17)13(20)21/h9-11,18H,4-8H2,1-3H3,(H,20,21)/t9-,10-,11+/m1/s1. The number of ether oxygens (including phenoxy) is 1. The van der Waals surface area contributed by atoms with E-state index in [1.165, 1.54) is 9.80 Å². The summed E-state index contributed by atoms with van der Waals surface area (Å²) in [6, 6.07) is -1.77. The van der Waals surface area contributed by atoms with Gasteiger partial charge in [-0.25, -0.2) is 9.59 Å². The number of β-amino-alcohol motifs (C(OH)–C–C–N with tert-alkyl or cyclic N) is 1. The molecule has 0 aliphatic carbocycles. The Kier molecular flexibility index (Phi) is 4.84. The van der Waals surface area contributed by atoms with Crippen molar-refractivity contribution in [1.29, 1.82) is 0 Å². The van der Waals surface area contributed by atoms with Crippen molar-refractivity contribution in [2.45, 2.75) is 63.8 Å². The zero-order valence-electron chi connectivity index (χ0n) is 13.7. The summed E-state index contributed by atoms with van der Waals surface area (Å²) in [5.41, 5.74) is -0.666. The summed E-state index contributed by atoms with van der Waals surface area (Å²) in [4.78, 5) is 38.7. The van der Waals surface area contributed by atoms with Gasteiger partial charge in [0.25, 0.3) is 0 Å². The van der Waals surface area contributed by atoms with Gasteiger partial charge in [-0.15, -0.1) is 0 Å². The van der Waals surface area contributed by atoms with Crippen LogP contribution in [-0.2, 0) is 14.3 Å². The molecule has 0 spiro atoms. The zero-order valence-corrected chi connectivity index (χ0v) is 13.7. The highest BCUT2D eigenvalue weighted by Gasteiger charge is 2.45. The Hall–Kier alpha value is -1.83. The largest absolute Gasteiger partial charge is 0.480 e. The molecular formula is C15H24N2O6. The molecule has 23 heavy (non-hydrogen) atoms. The van der Waals surface area contributed by atoms with E-state index in [2.05, 4.69) is 0 Å². The predicted octanol–water partition coefficient (Wildman–Crippen LogP) is 0.432. The van der Waals surface area contributed by atoms with Crippen LogP contribution >= 0.6 is 0 Å². The van der Waals surface area contributed by atoms with Crippen LogP contribution in [0.25, 0.3) is 0 Å². The van der Waals surface area contributed by atoms with Gasteiger partial charge in [0.1, 0.15) is 17.7 Å². The quantitative estimate of drug-likeness (QED) is 0.761. The zero-order chi connectivity index (χ0) is 17.4. The number of aliphatic hydroxyl groups excluding tert-OH is 1. The monoisotopic (exact) mass is 328 g/mol. The molecule has 8 nitrogen and oxygen atoms in total. The Labute approximate surface area is 135 Å². The maximum absolute atomic E-state index is 12.7. The van der Waals surface area contributed by atoms with E-state index < -0.39 is 41.8 Å². The fraction of sp³-hybridized carbons (Fsp3) is 0.800. The van der Waals surface area contributed by atoms with Crippen LogP contribution in [-0.4, -0.2) is 74.9 Å². The summed E-state index contributed by atoms with van der Waals surface area (Å²) in [5.74, 6) is -1.57. The number of hydrogen-bond acceptors (Lipinski definition) is 5. The van der Waals surface area contributed by atoms with E-state index >= 15 is 0 Å². The Morgan fingerprint density at radius 1 is 1.13 bits per heavy atom. The Morgan fingerprint density at radius 2 is 1.78 bits per heavy atom. The van der Waals surface area contributed by atoms with Gasteiger partial charge >= 0.3 is 12.1 Å². The summed E-state index contributed by atoms with van der Waals surface area (Å²) in [7, 11) is 0. The molecule has 0 unspecified atom stereocenters. The molecule has 2 saturated heterocycles. The Morgan fingerprint density at radius 3 is 2.35 bits per heavy atom. The van der Waals surface area contributed by atoms with Crippen LogP contribution in [0, 0.1) is 0 Å². The second-order valence-electron chi connectivity index (χ2n) is 7.07. The summed E-state index contributed by atoms with van der Waals surface area (Å²) in [5, 5.41) is 18.9. The Bertz CT molecular complexity index is 501. The first-order valence-corrected chi connectivity index (χ1v) is 7.81. The normalized spacial score (nSPS) is 28.1. The van der Waals surface area contributed by atoms with Crippen molar-refractivity contribution in [3.05, 3.63) is 0 Å². The lowest BCUT2D eigenvalue weighted by atomic mass is 10.1. The van der Waals surface area contributed by atoms with Crippen molar-refractivity contribution >= 4 is 18.0 Å². The number of carboxylic acid groups (broad SMARTS) is 1. The fourth-order valence-electron chi connectivity index (χ4n) is 3.05. The van der Waals surface area contributed by atoms with Crippen molar-refractivity contribution < 1.29 is 29.3 Å². The van der Waals surface area contributed by atoms with Gasteiger partial charge in [-0.05, 0) is 33.6 Å². The number of hydrogen-bond donors (Lipinski definition) is 2. The summed E-state index contributed by atoms with van der Waals surface area (Å²) < 4.78 is 5.31. The molecule has 2 aliphatic rings. The molecule has 0 aromatic rings. The van der Waals surface area contributed by atoms with Gasteiger partial charge < -0.3 is 19.8 Å². The summed E-state index contributed by atoms with van der Waals surface area (Å²) in [6.07, 6.45) is -0.280. The number of carbonyl (C=O) groups is 3. The number of aliphatic carboxylic acids is 1. The second-order valence-corrected chi connectivity index (χ2v) is 7.07. The average Bonchev–Trinajstić information content (AvgIpc) is 3.01. The molecule has 2 fully saturated rings. The topological polar surface area (TPSA) is 107 Å². The number of carboxylic acids is 1. The molecule has 0 bridgehead atoms. The third kappa shape index (κ3) is 3.93. The van der Waals surface area contributed by atoms with Gasteiger partial charge in [0.15, 0.2) is 0 Å². The first kappa shape index (κ1) is 17.5. The minimum Gasteiger partial charge on any atom is -0.480 e. The van der Waals surface area contributed by atoms with Crippen molar-refractivity contribution in [2.75, 3.05) is 13.1 Å². The van der Waals surface area contributed by atoms with Crippen LogP contribution in [0.3, 0.4) is 0 Å². The van der Waals surface area contributed by atoms with E-state index in [9.17, 15) is 24.6 Å². The molecule has 2 N–H and O–H groups in total. The van der Waals surface area contributed by atoms with Gasteiger partial charge in [0.2, 0.25) is 5.91 Å². The number of likely N-dealkylation sites (tertiary alicyclic amines) is 2. The molecule has 0 radical (unpaired) electrons. The van der Waals surface area contributed by atoms with Crippen LogP contribution in [0.15, 0.2) is 0 Å². The van der Waals surface area contributed by atoms with Crippen molar-refractivity contribution in [3.63, 3.8) is 0 Å².